The molecule has 0 saturated carbocycles. The third kappa shape index (κ3) is 8.82. The molecule has 1 aromatic carbocycles. The molecule has 3 aromatic rings. The molecule has 1 fully saturated rings. The van der Waals surface area contributed by atoms with Crippen LogP contribution < -0.4 is 10.6 Å². The van der Waals surface area contributed by atoms with Crippen LogP contribution in [0.2, 0.25) is 0 Å². The number of anilines is 2. The van der Waals surface area contributed by atoms with E-state index in [2.05, 4.69) is 10.6 Å². The summed E-state index contributed by atoms with van der Waals surface area (Å²) in [5.74, 6) is 0.215. The molecule has 2 atom stereocenters. The number of hydrogen-bond donors (Lipinski definition) is 2. The molecule has 49 heavy (non-hydrogen) atoms. The standard InChI is InChI=1S/C37H44N6O6/c1-25-16-34(48-4)35(19-32(25)38-20-30-8-5-6-14-43(30)24-45)49-15-7-9-36(46)39-29-18-33(42(3)22-29)37(47)40-28-12-10-26(11-13-28)27-17-31(23-44)41(2)21-27/h10-13,16-18,20-24,30,35H,5-9,14-15,19H2,1-4H3,(H,39,46)(H,40,47)/b38-20-/t30-,35?/m1/s1. The van der Waals surface area contributed by atoms with Crippen molar-refractivity contribution in [2.24, 2.45) is 19.1 Å². The number of likely N-dealkylation sites (tertiary alicyclic amines) is 1. The van der Waals surface area contributed by atoms with Crippen LogP contribution in [0.15, 0.2) is 76.9 Å². The number of aldehydes is 1. The van der Waals surface area contributed by atoms with Crippen molar-refractivity contribution in [1.29, 1.82) is 0 Å². The Morgan fingerprint density at radius 1 is 1.00 bits per heavy atom. The average Bonchev–Trinajstić information content (AvgIpc) is 3.67. The van der Waals surface area contributed by atoms with E-state index in [1.54, 1.807) is 52.6 Å². The van der Waals surface area contributed by atoms with Gasteiger partial charge in [-0.15, -0.1) is 0 Å². The Balaban J connectivity index is 1.08. The first-order valence-corrected chi connectivity index (χ1v) is 16.5. The number of carbonyl (C=O) groups is 4. The van der Waals surface area contributed by atoms with Crippen LogP contribution in [0.5, 0.6) is 0 Å². The molecule has 3 amide bonds. The van der Waals surface area contributed by atoms with Crippen molar-refractivity contribution in [3.63, 3.8) is 0 Å². The van der Waals surface area contributed by atoms with E-state index in [-0.39, 0.29) is 30.4 Å². The second-order valence-corrected chi connectivity index (χ2v) is 12.4. The van der Waals surface area contributed by atoms with Crippen LogP contribution in [-0.4, -0.2) is 77.2 Å². The minimum Gasteiger partial charge on any atom is -0.498 e. The number of methoxy groups -OCH3 is 1. The van der Waals surface area contributed by atoms with Crippen LogP contribution in [0.4, 0.5) is 11.4 Å². The smallest absolute Gasteiger partial charge is 0.272 e. The normalized spacial score (nSPS) is 18.0. The zero-order chi connectivity index (χ0) is 34.9. The van der Waals surface area contributed by atoms with E-state index in [1.807, 2.05) is 50.7 Å². The van der Waals surface area contributed by atoms with Gasteiger partial charge in [-0.05, 0) is 74.1 Å². The number of hydrogen-bond acceptors (Lipinski definition) is 7. The van der Waals surface area contributed by atoms with Gasteiger partial charge >= 0.3 is 0 Å². The van der Waals surface area contributed by atoms with Crippen LogP contribution in [0.1, 0.15) is 66.4 Å². The second-order valence-electron chi connectivity index (χ2n) is 12.4. The Hall–Kier alpha value is -5.23. The summed E-state index contributed by atoms with van der Waals surface area (Å²) in [4.78, 5) is 54.9. The number of benzene rings is 1. The van der Waals surface area contributed by atoms with Gasteiger partial charge in [0.25, 0.3) is 5.91 Å². The molecule has 12 heteroatoms. The number of nitrogens with one attached hydrogen (secondary N) is 2. The predicted octanol–water partition coefficient (Wildman–Crippen LogP) is 5.49. The molecule has 2 aromatic heterocycles. The Kier molecular flexibility index (Phi) is 11.6. The summed E-state index contributed by atoms with van der Waals surface area (Å²) < 4.78 is 15.1. The number of allylic oxidation sites excluding steroid dienone is 2. The lowest BCUT2D eigenvalue weighted by Gasteiger charge is -2.30. The van der Waals surface area contributed by atoms with Gasteiger partial charge in [0.1, 0.15) is 17.6 Å². The molecule has 0 radical (unpaired) electrons. The largest absolute Gasteiger partial charge is 0.498 e. The van der Waals surface area contributed by atoms with Gasteiger partial charge in [0.2, 0.25) is 12.3 Å². The van der Waals surface area contributed by atoms with Crippen molar-refractivity contribution < 1.29 is 28.7 Å². The predicted molar refractivity (Wildman–Crippen MR) is 189 cm³/mol. The van der Waals surface area contributed by atoms with Gasteiger partial charge < -0.3 is 34.1 Å². The molecule has 1 saturated heterocycles. The number of amides is 3. The lowest BCUT2D eigenvalue weighted by Crippen LogP contribution is -2.39. The van der Waals surface area contributed by atoms with E-state index < -0.39 is 0 Å². The molecule has 258 valence electrons. The van der Waals surface area contributed by atoms with Crippen LogP contribution in [0.3, 0.4) is 0 Å². The molecule has 3 heterocycles. The average molecular weight is 669 g/mol. The van der Waals surface area contributed by atoms with Crippen molar-refractivity contribution >= 4 is 42.1 Å². The highest BCUT2D eigenvalue weighted by Gasteiger charge is 2.25. The summed E-state index contributed by atoms with van der Waals surface area (Å²) in [6.45, 7) is 3.09. The molecule has 12 nitrogen and oxygen atoms in total. The van der Waals surface area contributed by atoms with Crippen LogP contribution in [0, 0.1) is 0 Å². The minimum absolute atomic E-state index is 0.00490. The highest BCUT2D eigenvalue weighted by atomic mass is 16.5. The van der Waals surface area contributed by atoms with Gasteiger partial charge in [-0.1, -0.05) is 12.1 Å². The summed E-state index contributed by atoms with van der Waals surface area (Å²) >= 11 is 0. The second kappa shape index (κ2) is 16.2. The number of carbonyl (C=O) groups excluding carboxylic acids is 4. The van der Waals surface area contributed by atoms with Gasteiger partial charge in [0.05, 0.1) is 24.5 Å². The highest BCUT2D eigenvalue weighted by Crippen LogP contribution is 2.29. The summed E-state index contributed by atoms with van der Waals surface area (Å²) in [6, 6.07) is 10.8. The van der Waals surface area contributed by atoms with Crippen molar-refractivity contribution in [2.75, 3.05) is 30.9 Å². The topological polar surface area (TPSA) is 136 Å². The van der Waals surface area contributed by atoms with Crippen molar-refractivity contribution in [2.45, 2.75) is 57.6 Å². The van der Waals surface area contributed by atoms with Crippen molar-refractivity contribution in [3.8, 4) is 11.1 Å². The minimum atomic E-state index is -0.322. The molecule has 0 spiro atoms. The fraction of sp³-hybridized carbons (Fsp3) is 0.378. The number of aliphatic imine (C=N–C) groups is 1. The van der Waals surface area contributed by atoms with Crippen LogP contribution in [0.25, 0.3) is 11.1 Å². The third-order valence-electron chi connectivity index (χ3n) is 8.90. The summed E-state index contributed by atoms with van der Waals surface area (Å²) in [5.41, 5.74) is 5.83. The fourth-order valence-corrected chi connectivity index (χ4v) is 6.10. The first-order chi connectivity index (χ1) is 23.7. The number of aromatic nitrogens is 2. The summed E-state index contributed by atoms with van der Waals surface area (Å²) in [6.07, 6.45) is 13.0. The van der Waals surface area contributed by atoms with E-state index in [0.29, 0.717) is 48.0 Å². The van der Waals surface area contributed by atoms with Gasteiger partial charge in [-0.2, -0.15) is 0 Å². The first kappa shape index (κ1) is 35.1. The van der Waals surface area contributed by atoms with E-state index in [0.717, 1.165) is 60.9 Å². The maximum absolute atomic E-state index is 13.0. The number of piperidine rings is 1. The molecule has 1 aliphatic carbocycles. The van der Waals surface area contributed by atoms with Crippen LogP contribution in [-0.2, 0) is 33.2 Å². The van der Waals surface area contributed by atoms with E-state index >= 15 is 0 Å². The van der Waals surface area contributed by atoms with Gasteiger partial charge in [-0.3, -0.25) is 24.2 Å². The van der Waals surface area contributed by atoms with E-state index in [1.165, 1.54) is 0 Å². The zero-order valence-corrected chi connectivity index (χ0v) is 28.5. The van der Waals surface area contributed by atoms with Crippen molar-refractivity contribution in [1.82, 2.24) is 14.0 Å². The highest BCUT2D eigenvalue weighted by molar-refractivity contribution is 6.04. The van der Waals surface area contributed by atoms with E-state index in [9.17, 15) is 19.2 Å². The lowest BCUT2D eigenvalue weighted by atomic mass is 10.00. The molecule has 5 rings (SSSR count). The Morgan fingerprint density at radius 3 is 2.51 bits per heavy atom. The van der Waals surface area contributed by atoms with Crippen LogP contribution >= 0.6 is 0 Å². The SMILES string of the molecule is COC1=CC(C)=C(/N=C\[C@H]2CCCCN2C=O)CC1OCCCC(=O)Nc1cc(C(=O)Nc2ccc(-c3cc(C=O)n(C)c3)cc2)n(C)c1. The number of rotatable bonds is 14. The van der Waals surface area contributed by atoms with Crippen molar-refractivity contribution in [3.05, 3.63) is 83.3 Å². The maximum Gasteiger partial charge on any atom is 0.272 e. The van der Waals surface area contributed by atoms with Gasteiger partial charge in [-0.25, -0.2) is 0 Å². The first-order valence-electron chi connectivity index (χ1n) is 16.5. The third-order valence-corrected chi connectivity index (χ3v) is 8.90. The number of nitrogens with zero attached hydrogens (tertiary/aromatic N) is 4. The Morgan fingerprint density at radius 2 is 1.80 bits per heavy atom. The zero-order valence-electron chi connectivity index (χ0n) is 28.5. The van der Waals surface area contributed by atoms with Gasteiger partial charge in [0.15, 0.2) is 6.29 Å². The molecule has 1 aliphatic heterocycles. The Labute approximate surface area is 286 Å². The molecular weight excluding hydrogens is 624 g/mol. The molecule has 2 aliphatic rings. The number of ether oxygens (including phenoxy) is 2. The molecule has 2 N–H and O–H groups in total. The molecular formula is C37H44N6O6. The molecule has 0 bridgehead atoms. The Bertz CT molecular complexity index is 1770. The number of aryl methyl sites for hydroxylation is 2. The summed E-state index contributed by atoms with van der Waals surface area (Å²) in [7, 11) is 5.17. The fourth-order valence-electron chi connectivity index (χ4n) is 6.10. The quantitative estimate of drug-likeness (QED) is 0.133. The molecule has 1 unspecified atom stereocenters. The lowest BCUT2D eigenvalue weighted by molar-refractivity contribution is -0.120. The monoisotopic (exact) mass is 668 g/mol. The maximum atomic E-state index is 13.0. The summed E-state index contributed by atoms with van der Waals surface area (Å²) in [5, 5.41) is 5.77. The van der Waals surface area contributed by atoms with Gasteiger partial charge in [0, 0.05) is 75.6 Å². The van der Waals surface area contributed by atoms with E-state index in [4.69, 9.17) is 14.5 Å².